The second-order valence-corrected chi connectivity index (χ2v) is 20.2. The van der Waals surface area contributed by atoms with E-state index in [0.717, 1.165) is 66.9 Å². The summed E-state index contributed by atoms with van der Waals surface area (Å²) in [6.45, 7) is 20.2. The molecule has 0 fully saturated rings. The summed E-state index contributed by atoms with van der Waals surface area (Å²) in [5.41, 5.74) is 17.6. The van der Waals surface area contributed by atoms with Gasteiger partial charge in [0.2, 0.25) is 0 Å². The first-order valence-corrected chi connectivity index (χ1v) is 22.4. The van der Waals surface area contributed by atoms with Crippen LogP contribution in [0.5, 0.6) is 5.75 Å². The number of hydrogen-bond donors (Lipinski definition) is 1. The van der Waals surface area contributed by atoms with Crippen LogP contribution in [0, 0.1) is 0 Å². The van der Waals surface area contributed by atoms with Crippen molar-refractivity contribution in [3.63, 3.8) is 0 Å². The normalized spacial score (nSPS) is 12.2. The van der Waals surface area contributed by atoms with Gasteiger partial charge in [0.25, 0.3) is 0 Å². The molecule has 64 heavy (non-hydrogen) atoms. The Morgan fingerprint density at radius 1 is 0.406 bits per heavy atom. The third kappa shape index (κ3) is 8.29. The Morgan fingerprint density at radius 3 is 1.61 bits per heavy atom. The Kier molecular flexibility index (Phi) is 10.7. The van der Waals surface area contributed by atoms with Gasteiger partial charge in [-0.1, -0.05) is 178 Å². The minimum atomic E-state index is -0.146. The molecule has 0 aliphatic heterocycles. The Morgan fingerprint density at radius 2 is 0.969 bits per heavy atom. The van der Waals surface area contributed by atoms with Crippen LogP contribution in [0.4, 0.5) is 0 Å². The van der Waals surface area contributed by atoms with Crippen molar-refractivity contribution in [3.8, 4) is 78.6 Å². The summed E-state index contributed by atoms with van der Waals surface area (Å²) in [5, 5.41) is 11.8. The van der Waals surface area contributed by atoms with Crippen molar-refractivity contribution >= 4 is 11.0 Å². The van der Waals surface area contributed by atoms with Crippen molar-refractivity contribution in [2.45, 2.75) is 78.6 Å². The SMILES string of the molecule is CC(C)(C)c1cc(-c2cc(-c3ccc(-c4ccccc4)cc3)ccn2)cc(-c2cccc3c2nc(-c2cc(C(C)(C)C)ccc2O)n3-c2ccc(C(C)(C)C)cc2-c2ccccc2)c1. The molecule has 0 aliphatic carbocycles. The molecular formula is C60H57N3O. The zero-order chi connectivity index (χ0) is 45.0. The minimum Gasteiger partial charge on any atom is -0.507 e. The first-order valence-electron chi connectivity index (χ1n) is 22.4. The molecule has 9 rings (SSSR count). The molecule has 1 N–H and O–H groups in total. The van der Waals surface area contributed by atoms with Crippen molar-refractivity contribution in [1.29, 1.82) is 0 Å². The highest BCUT2D eigenvalue weighted by atomic mass is 16.3. The van der Waals surface area contributed by atoms with E-state index >= 15 is 0 Å². The van der Waals surface area contributed by atoms with E-state index in [1.807, 2.05) is 24.4 Å². The number of imidazole rings is 1. The molecule has 2 aromatic heterocycles. The largest absolute Gasteiger partial charge is 0.507 e. The van der Waals surface area contributed by atoms with E-state index in [4.69, 9.17) is 9.97 Å². The zero-order valence-corrected chi connectivity index (χ0v) is 38.5. The van der Waals surface area contributed by atoms with Crippen LogP contribution in [0.2, 0.25) is 0 Å². The Balaban J connectivity index is 1.26. The predicted molar refractivity (Wildman–Crippen MR) is 269 cm³/mol. The highest BCUT2D eigenvalue weighted by Crippen LogP contribution is 2.43. The molecule has 318 valence electrons. The van der Waals surface area contributed by atoms with E-state index in [1.54, 1.807) is 0 Å². The lowest BCUT2D eigenvalue weighted by atomic mass is 9.83. The summed E-state index contributed by atoms with van der Waals surface area (Å²) in [4.78, 5) is 10.6. The van der Waals surface area contributed by atoms with E-state index in [9.17, 15) is 5.11 Å². The first kappa shape index (κ1) is 42.3. The molecule has 4 heteroatoms. The van der Waals surface area contributed by atoms with Crippen LogP contribution in [-0.2, 0) is 16.2 Å². The standard InChI is InChI=1S/C60H57N3O/c1-58(2,3)46-27-29-53(50(37-46)42-19-14-11-15-20-42)63-54-22-16-21-49(56(54)62-57(63)51-38-47(59(4,5)6)28-30-55(51)64)44-33-45(35-48(34-44)60(7,8)9)52-36-43(31-32-61-52)41-25-23-40(24-26-41)39-17-12-10-13-18-39/h10-38,64H,1-9H3. The van der Waals surface area contributed by atoms with Crippen LogP contribution in [0.25, 0.3) is 83.9 Å². The van der Waals surface area contributed by atoms with Gasteiger partial charge in [0, 0.05) is 22.9 Å². The number of pyridine rings is 1. The molecule has 0 saturated carbocycles. The maximum absolute atomic E-state index is 11.8. The van der Waals surface area contributed by atoms with E-state index < -0.39 is 0 Å². The summed E-state index contributed by atoms with van der Waals surface area (Å²) >= 11 is 0. The first-order chi connectivity index (χ1) is 30.5. The predicted octanol–water partition coefficient (Wildman–Crippen LogP) is 16.0. The Labute approximate surface area is 379 Å². The number of aromatic hydroxyl groups is 1. The molecule has 7 aromatic carbocycles. The number of aromatic nitrogens is 3. The van der Waals surface area contributed by atoms with Crippen LogP contribution >= 0.6 is 0 Å². The molecule has 0 spiro atoms. The summed E-state index contributed by atoms with van der Waals surface area (Å²) < 4.78 is 2.26. The third-order valence-electron chi connectivity index (χ3n) is 12.5. The molecular weight excluding hydrogens is 779 g/mol. The highest BCUT2D eigenvalue weighted by molar-refractivity contribution is 5.98. The number of phenols is 1. The van der Waals surface area contributed by atoms with Gasteiger partial charge in [-0.25, -0.2) is 4.98 Å². The van der Waals surface area contributed by atoms with Crippen molar-refractivity contribution in [2.24, 2.45) is 0 Å². The lowest BCUT2D eigenvalue weighted by Gasteiger charge is -2.23. The number of para-hydroxylation sites is 1. The number of fused-ring (bicyclic) bond motifs is 1. The van der Waals surface area contributed by atoms with Crippen molar-refractivity contribution < 1.29 is 5.11 Å². The maximum atomic E-state index is 11.8. The van der Waals surface area contributed by atoms with E-state index in [2.05, 4.69) is 219 Å². The molecule has 9 aromatic rings. The van der Waals surface area contributed by atoms with Gasteiger partial charge in [0.1, 0.15) is 11.6 Å². The third-order valence-corrected chi connectivity index (χ3v) is 12.5. The fourth-order valence-electron chi connectivity index (χ4n) is 8.60. The lowest BCUT2D eigenvalue weighted by Crippen LogP contribution is -2.12. The van der Waals surface area contributed by atoms with Gasteiger partial charge >= 0.3 is 0 Å². The summed E-state index contributed by atoms with van der Waals surface area (Å²) in [6.07, 6.45) is 1.92. The molecule has 2 heterocycles. The highest BCUT2D eigenvalue weighted by Gasteiger charge is 2.26. The van der Waals surface area contributed by atoms with Crippen LogP contribution < -0.4 is 0 Å². The molecule has 0 bridgehead atoms. The van der Waals surface area contributed by atoms with Gasteiger partial charge in [-0.15, -0.1) is 0 Å². The quantitative estimate of drug-likeness (QED) is 0.174. The van der Waals surface area contributed by atoms with Crippen LogP contribution in [0.1, 0.15) is 79.0 Å². The molecule has 0 aliphatic rings. The molecule has 0 atom stereocenters. The molecule has 0 amide bonds. The van der Waals surface area contributed by atoms with Gasteiger partial charge in [-0.05, 0) is 121 Å². The van der Waals surface area contributed by atoms with E-state index in [0.29, 0.717) is 11.4 Å². The fraction of sp³-hybridized carbons (Fsp3) is 0.200. The maximum Gasteiger partial charge on any atom is 0.149 e. The number of nitrogens with zero attached hydrogens (tertiary/aromatic N) is 3. The summed E-state index contributed by atoms with van der Waals surface area (Å²) in [7, 11) is 0. The monoisotopic (exact) mass is 835 g/mol. The van der Waals surface area contributed by atoms with Gasteiger partial charge in [-0.2, -0.15) is 0 Å². The lowest BCUT2D eigenvalue weighted by molar-refractivity contribution is 0.475. The van der Waals surface area contributed by atoms with Crippen molar-refractivity contribution in [2.75, 3.05) is 0 Å². The number of phenolic OH excluding ortho intramolecular Hbond substituents is 1. The zero-order valence-electron chi connectivity index (χ0n) is 38.5. The van der Waals surface area contributed by atoms with Gasteiger partial charge in [-0.3, -0.25) is 9.55 Å². The second-order valence-electron chi connectivity index (χ2n) is 20.2. The van der Waals surface area contributed by atoms with Crippen LogP contribution in [0.15, 0.2) is 176 Å². The van der Waals surface area contributed by atoms with Crippen molar-refractivity contribution in [3.05, 3.63) is 193 Å². The topological polar surface area (TPSA) is 50.9 Å². The number of hydrogen-bond acceptors (Lipinski definition) is 3. The van der Waals surface area contributed by atoms with Crippen LogP contribution in [-0.4, -0.2) is 19.6 Å². The summed E-state index contributed by atoms with van der Waals surface area (Å²) in [5.74, 6) is 0.878. The average Bonchev–Trinajstić information content (AvgIpc) is 3.68. The number of benzene rings is 7. The van der Waals surface area contributed by atoms with Gasteiger partial charge in [0.15, 0.2) is 0 Å². The van der Waals surface area contributed by atoms with Gasteiger partial charge in [0.05, 0.1) is 28.0 Å². The molecule has 0 unspecified atom stereocenters. The van der Waals surface area contributed by atoms with E-state index in [-0.39, 0.29) is 22.0 Å². The Hall–Kier alpha value is -7.04. The van der Waals surface area contributed by atoms with E-state index in [1.165, 1.54) is 22.3 Å². The fourth-order valence-corrected chi connectivity index (χ4v) is 8.60. The minimum absolute atomic E-state index is 0.0640. The molecule has 0 radical (unpaired) electrons. The molecule has 0 saturated heterocycles. The van der Waals surface area contributed by atoms with Crippen molar-refractivity contribution in [1.82, 2.24) is 14.5 Å². The van der Waals surface area contributed by atoms with Gasteiger partial charge < -0.3 is 5.11 Å². The molecule has 4 nitrogen and oxygen atoms in total. The van der Waals surface area contributed by atoms with Crippen LogP contribution in [0.3, 0.4) is 0 Å². The summed E-state index contributed by atoms with van der Waals surface area (Å²) in [6, 6.07) is 60.3. The number of rotatable bonds is 7. The second kappa shape index (κ2) is 16.3. The average molecular weight is 836 g/mol. The smallest absolute Gasteiger partial charge is 0.149 e. The Bertz CT molecular complexity index is 3140.